The van der Waals surface area contributed by atoms with E-state index in [-0.39, 0.29) is 11.2 Å². The second-order valence-electron chi connectivity index (χ2n) is 5.59. The Morgan fingerprint density at radius 1 is 0.733 bits per heavy atom. The Balaban J connectivity index is 2.04. The minimum atomic E-state index is 0.264. The highest BCUT2D eigenvalue weighted by Crippen LogP contribution is 2.45. The molecule has 0 aliphatic heterocycles. The molecule has 15 heavy (non-hydrogen) atoms. The summed E-state index contributed by atoms with van der Waals surface area (Å²) in [4.78, 5) is 0. The van der Waals surface area contributed by atoms with Crippen LogP contribution in [-0.2, 0) is 4.74 Å². The second-order valence-corrected chi connectivity index (χ2v) is 5.59. The molecule has 88 valence electrons. The van der Waals surface area contributed by atoms with E-state index in [1.54, 1.807) is 0 Å². The van der Waals surface area contributed by atoms with Gasteiger partial charge in [0.05, 0.1) is 11.2 Å². The van der Waals surface area contributed by atoms with Gasteiger partial charge >= 0.3 is 0 Å². The zero-order chi connectivity index (χ0) is 10.8. The Morgan fingerprint density at radius 2 is 1.07 bits per heavy atom. The summed E-state index contributed by atoms with van der Waals surface area (Å²) in [5.74, 6) is 0. The summed E-state index contributed by atoms with van der Waals surface area (Å²) in [6.45, 7) is 4.62. The first-order chi connectivity index (χ1) is 7.24. The van der Waals surface area contributed by atoms with Crippen molar-refractivity contribution < 1.29 is 4.74 Å². The fraction of sp³-hybridized carbons (Fsp3) is 1.00. The smallest absolute Gasteiger partial charge is 0.0687 e. The SMILES string of the molecule is CCC1(OC2(CC)CCCC2)CCCC1. The highest BCUT2D eigenvalue weighted by Gasteiger charge is 2.42. The molecule has 1 nitrogen and oxygen atoms in total. The van der Waals surface area contributed by atoms with Crippen molar-refractivity contribution in [2.45, 2.75) is 89.3 Å². The largest absolute Gasteiger partial charge is 0.369 e. The average Bonchev–Trinajstić information content (AvgIpc) is 2.89. The Morgan fingerprint density at radius 3 is 1.33 bits per heavy atom. The van der Waals surface area contributed by atoms with Crippen LogP contribution in [-0.4, -0.2) is 11.2 Å². The quantitative estimate of drug-likeness (QED) is 0.666. The molecule has 0 aromatic rings. The van der Waals surface area contributed by atoms with Gasteiger partial charge in [-0.3, -0.25) is 0 Å². The lowest BCUT2D eigenvalue weighted by molar-refractivity contribution is -0.155. The molecule has 0 radical (unpaired) electrons. The maximum Gasteiger partial charge on any atom is 0.0687 e. The molecule has 0 bridgehead atoms. The average molecular weight is 210 g/mol. The molecule has 0 aromatic heterocycles. The second kappa shape index (κ2) is 4.45. The van der Waals surface area contributed by atoms with E-state index in [4.69, 9.17) is 4.74 Å². The molecule has 0 N–H and O–H groups in total. The Kier molecular flexibility index (Phi) is 3.39. The third kappa shape index (κ3) is 2.22. The Labute approximate surface area is 94.6 Å². The third-order valence-corrected chi connectivity index (χ3v) is 4.75. The molecule has 2 fully saturated rings. The first-order valence-corrected chi connectivity index (χ1v) is 6.94. The lowest BCUT2D eigenvalue weighted by Crippen LogP contribution is -2.40. The first kappa shape index (κ1) is 11.4. The van der Waals surface area contributed by atoms with Crippen molar-refractivity contribution in [3.63, 3.8) is 0 Å². The van der Waals surface area contributed by atoms with Gasteiger partial charge in [-0.25, -0.2) is 0 Å². The van der Waals surface area contributed by atoms with Crippen LogP contribution in [0.3, 0.4) is 0 Å². The van der Waals surface area contributed by atoms with Crippen molar-refractivity contribution in [2.75, 3.05) is 0 Å². The van der Waals surface area contributed by atoms with E-state index >= 15 is 0 Å². The summed E-state index contributed by atoms with van der Waals surface area (Å²) in [6.07, 6.45) is 13.2. The molecular weight excluding hydrogens is 184 g/mol. The molecular formula is C14H26O. The summed E-state index contributed by atoms with van der Waals surface area (Å²) in [6, 6.07) is 0. The minimum absolute atomic E-state index is 0.264. The summed E-state index contributed by atoms with van der Waals surface area (Å²) >= 11 is 0. The van der Waals surface area contributed by atoms with Crippen LogP contribution in [0, 0.1) is 0 Å². The molecule has 0 amide bonds. The van der Waals surface area contributed by atoms with Crippen LogP contribution < -0.4 is 0 Å². The molecule has 2 aliphatic carbocycles. The van der Waals surface area contributed by atoms with Gasteiger partial charge in [0.2, 0.25) is 0 Å². The van der Waals surface area contributed by atoms with Gasteiger partial charge in [0.15, 0.2) is 0 Å². The number of rotatable bonds is 4. The molecule has 2 rings (SSSR count). The van der Waals surface area contributed by atoms with E-state index in [1.807, 2.05) is 0 Å². The van der Waals surface area contributed by atoms with Gasteiger partial charge in [-0.05, 0) is 38.5 Å². The number of hydrogen-bond donors (Lipinski definition) is 0. The fourth-order valence-corrected chi connectivity index (χ4v) is 3.55. The van der Waals surface area contributed by atoms with Crippen LogP contribution in [0.4, 0.5) is 0 Å². The summed E-state index contributed by atoms with van der Waals surface area (Å²) < 4.78 is 6.65. The van der Waals surface area contributed by atoms with Crippen molar-refractivity contribution in [1.29, 1.82) is 0 Å². The van der Waals surface area contributed by atoms with Crippen molar-refractivity contribution in [3.8, 4) is 0 Å². The van der Waals surface area contributed by atoms with E-state index in [0.717, 1.165) is 0 Å². The van der Waals surface area contributed by atoms with Gasteiger partial charge < -0.3 is 4.74 Å². The van der Waals surface area contributed by atoms with Crippen LogP contribution in [0.15, 0.2) is 0 Å². The highest BCUT2D eigenvalue weighted by atomic mass is 16.5. The van der Waals surface area contributed by atoms with Crippen molar-refractivity contribution in [3.05, 3.63) is 0 Å². The van der Waals surface area contributed by atoms with Crippen LogP contribution in [0.1, 0.15) is 78.1 Å². The summed E-state index contributed by atoms with van der Waals surface area (Å²) in [7, 11) is 0. The minimum Gasteiger partial charge on any atom is -0.369 e. The Bertz CT molecular complexity index is 175. The van der Waals surface area contributed by atoms with Crippen LogP contribution >= 0.6 is 0 Å². The van der Waals surface area contributed by atoms with Gasteiger partial charge in [0.25, 0.3) is 0 Å². The molecule has 1 heteroatoms. The normalized spacial score (nSPS) is 28.4. The fourth-order valence-electron chi connectivity index (χ4n) is 3.55. The molecule has 0 heterocycles. The topological polar surface area (TPSA) is 9.23 Å². The van der Waals surface area contributed by atoms with Crippen molar-refractivity contribution in [2.24, 2.45) is 0 Å². The van der Waals surface area contributed by atoms with Gasteiger partial charge in [-0.15, -0.1) is 0 Å². The summed E-state index contributed by atoms with van der Waals surface area (Å²) in [5.41, 5.74) is 0.528. The zero-order valence-electron chi connectivity index (χ0n) is 10.5. The monoisotopic (exact) mass is 210 g/mol. The predicted molar refractivity (Wildman–Crippen MR) is 64.1 cm³/mol. The molecule has 0 aromatic carbocycles. The standard InChI is InChI=1S/C14H26O/c1-3-13(9-5-6-10-13)15-14(4-2)11-7-8-12-14/h3-12H2,1-2H3. The van der Waals surface area contributed by atoms with Crippen LogP contribution in [0.25, 0.3) is 0 Å². The molecule has 0 spiro atoms. The van der Waals surface area contributed by atoms with E-state index in [1.165, 1.54) is 64.2 Å². The maximum atomic E-state index is 6.65. The van der Waals surface area contributed by atoms with Gasteiger partial charge in [0.1, 0.15) is 0 Å². The number of ether oxygens (including phenoxy) is 1. The summed E-state index contributed by atoms with van der Waals surface area (Å²) in [5, 5.41) is 0. The molecule has 2 saturated carbocycles. The van der Waals surface area contributed by atoms with Gasteiger partial charge in [-0.2, -0.15) is 0 Å². The lowest BCUT2D eigenvalue weighted by Gasteiger charge is -2.40. The molecule has 0 atom stereocenters. The zero-order valence-corrected chi connectivity index (χ0v) is 10.5. The molecule has 2 aliphatic rings. The third-order valence-electron chi connectivity index (χ3n) is 4.75. The van der Waals surface area contributed by atoms with Crippen LogP contribution in [0.2, 0.25) is 0 Å². The Hall–Kier alpha value is -0.0400. The maximum absolute atomic E-state index is 6.65. The lowest BCUT2D eigenvalue weighted by atomic mass is 9.93. The van der Waals surface area contributed by atoms with E-state index < -0.39 is 0 Å². The molecule has 0 unspecified atom stereocenters. The van der Waals surface area contributed by atoms with Gasteiger partial charge in [0, 0.05) is 0 Å². The molecule has 0 saturated heterocycles. The number of hydrogen-bond acceptors (Lipinski definition) is 1. The van der Waals surface area contributed by atoms with E-state index in [0.29, 0.717) is 0 Å². The van der Waals surface area contributed by atoms with E-state index in [2.05, 4.69) is 13.8 Å². The van der Waals surface area contributed by atoms with Gasteiger partial charge in [-0.1, -0.05) is 39.5 Å². The first-order valence-electron chi connectivity index (χ1n) is 6.94. The van der Waals surface area contributed by atoms with Crippen LogP contribution in [0.5, 0.6) is 0 Å². The van der Waals surface area contributed by atoms with E-state index in [9.17, 15) is 0 Å². The predicted octanol–water partition coefficient (Wildman–Crippen LogP) is 4.45. The van der Waals surface area contributed by atoms with Crippen molar-refractivity contribution >= 4 is 0 Å². The van der Waals surface area contributed by atoms with Crippen molar-refractivity contribution in [1.82, 2.24) is 0 Å². The highest BCUT2D eigenvalue weighted by molar-refractivity contribution is 4.93.